The molecule has 0 fully saturated rings. The molecule has 0 spiro atoms. The summed E-state index contributed by atoms with van der Waals surface area (Å²) in [5, 5.41) is 0.364. The molecule has 0 aromatic carbocycles. The van der Waals surface area contributed by atoms with Crippen LogP contribution in [0.5, 0.6) is 0 Å². The monoisotopic (exact) mass is 380 g/mol. The van der Waals surface area contributed by atoms with Gasteiger partial charge in [0, 0.05) is 38.2 Å². The zero-order valence-electron chi connectivity index (χ0n) is 16.1. The molecular weight excluding hydrogens is 344 g/mol. The predicted octanol–water partition coefficient (Wildman–Crippen LogP) is 4.28. The Hall–Kier alpha value is 0.0769. The molecule has 0 aromatic rings. The lowest BCUT2D eigenvalue weighted by molar-refractivity contribution is -0.114. The van der Waals surface area contributed by atoms with E-state index in [1.807, 2.05) is 20.8 Å². The molecule has 0 saturated carbocycles. The van der Waals surface area contributed by atoms with Gasteiger partial charge in [0.25, 0.3) is 0 Å². The molecular formula is C17H36O5SSi. The molecule has 5 nitrogen and oxygen atoms in total. The summed E-state index contributed by atoms with van der Waals surface area (Å²) in [5.41, 5.74) is 0. The minimum absolute atomic E-state index is 0.0931. The molecule has 24 heavy (non-hydrogen) atoms. The van der Waals surface area contributed by atoms with Gasteiger partial charge in [-0.15, -0.1) is 0 Å². The molecule has 0 aromatic heterocycles. The first-order valence-electron chi connectivity index (χ1n) is 9.17. The van der Waals surface area contributed by atoms with Gasteiger partial charge in [-0.05, 0) is 33.6 Å². The fourth-order valence-corrected chi connectivity index (χ4v) is 6.55. The molecule has 144 valence electrons. The van der Waals surface area contributed by atoms with Crippen LogP contribution in [0.2, 0.25) is 6.04 Å². The second-order valence-electron chi connectivity index (χ2n) is 5.56. The van der Waals surface area contributed by atoms with Crippen molar-refractivity contribution in [3.8, 4) is 0 Å². The van der Waals surface area contributed by atoms with Crippen LogP contribution in [0.25, 0.3) is 0 Å². The number of ether oxygens (including phenoxy) is 1. The van der Waals surface area contributed by atoms with Gasteiger partial charge in [-0.1, -0.05) is 37.9 Å². The highest BCUT2D eigenvalue weighted by Crippen LogP contribution is 2.28. The van der Waals surface area contributed by atoms with Gasteiger partial charge in [0.15, 0.2) is 0 Å². The Balaban J connectivity index is 4.76. The van der Waals surface area contributed by atoms with Gasteiger partial charge >= 0.3 is 8.80 Å². The topological polar surface area (TPSA) is 54.0 Å². The summed E-state index contributed by atoms with van der Waals surface area (Å²) in [7, 11) is -1.07. The molecule has 1 atom stereocenters. The van der Waals surface area contributed by atoms with Crippen LogP contribution in [0.1, 0.15) is 59.8 Å². The lowest BCUT2D eigenvalue weighted by Gasteiger charge is -2.29. The average molecular weight is 381 g/mol. The highest BCUT2D eigenvalue weighted by Gasteiger charge is 2.40. The minimum atomic E-state index is -2.63. The standard InChI is InChI=1S/C17H36O5SSi/c1-6-10-11-12-16(23-17(18)15-19-5)13-14-24(20-7-2,21-8-3)22-9-4/h16H,6-15H2,1-5H3. The van der Waals surface area contributed by atoms with E-state index in [0.29, 0.717) is 19.8 Å². The van der Waals surface area contributed by atoms with Crippen LogP contribution in [0.4, 0.5) is 0 Å². The van der Waals surface area contributed by atoms with Crippen molar-refractivity contribution in [3.05, 3.63) is 0 Å². The van der Waals surface area contributed by atoms with Crippen molar-refractivity contribution in [2.45, 2.75) is 71.1 Å². The second-order valence-corrected chi connectivity index (χ2v) is 9.65. The Morgan fingerprint density at radius 2 is 1.54 bits per heavy atom. The van der Waals surface area contributed by atoms with Crippen LogP contribution in [0, 0.1) is 0 Å². The number of methoxy groups -OCH3 is 1. The van der Waals surface area contributed by atoms with Crippen LogP contribution < -0.4 is 0 Å². The van der Waals surface area contributed by atoms with E-state index in [1.165, 1.54) is 24.6 Å². The van der Waals surface area contributed by atoms with Gasteiger partial charge in [-0.3, -0.25) is 4.79 Å². The average Bonchev–Trinajstić information content (AvgIpc) is 2.53. The summed E-state index contributed by atoms with van der Waals surface area (Å²) >= 11 is 1.41. The summed E-state index contributed by atoms with van der Waals surface area (Å²) in [4.78, 5) is 11.9. The molecule has 0 radical (unpaired) electrons. The number of carbonyl (C=O) groups excluding carboxylic acids is 1. The third kappa shape index (κ3) is 10.8. The molecule has 0 aliphatic rings. The van der Waals surface area contributed by atoms with Gasteiger partial charge in [-0.25, -0.2) is 0 Å². The maximum Gasteiger partial charge on any atom is 0.500 e. The highest BCUT2D eigenvalue weighted by atomic mass is 32.2. The number of hydrogen-bond donors (Lipinski definition) is 0. The largest absolute Gasteiger partial charge is 0.500 e. The maximum absolute atomic E-state index is 11.9. The molecule has 0 saturated heterocycles. The number of thioether (sulfide) groups is 1. The van der Waals surface area contributed by atoms with E-state index in [1.54, 1.807) is 7.11 Å². The van der Waals surface area contributed by atoms with Gasteiger partial charge < -0.3 is 18.0 Å². The van der Waals surface area contributed by atoms with E-state index >= 15 is 0 Å². The first-order chi connectivity index (χ1) is 11.6. The zero-order valence-corrected chi connectivity index (χ0v) is 17.9. The SMILES string of the molecule is CCCCCC(CC[Si](OCC)(OCC)OCC)SC(=O)COC. The molecule has 1 unspecified atom stereocenters. The van der Waals surface area contributed by atoms with Crippen molar-refractivity contribution in [1.82, 2.24) is 0 Å². The quantitative estimate of drug-likeness (QED) is 0.294. The second kappa shape index (κ2) is 15.3. The summed E-state index contributed by atoms with van der Waals surface area (Å²) in [6.07, 6.45) is 5.42. The Bertz CT molecular complexity index is 300. The smallest absolute Gasteiger partial charge is 0.376 e. The van der Waals surface area contributed by atoms with Gasteiger partial charge in [0.05, 0.1) is 0 Å². The lowest BCUT2D eigenvalue weighted by atomic mass is 10.1. The molecule has 0 aliphatic carbocycles. The summed E-state index contributed by atoms with van der Waals surface area (Å²) in [5.74, 6) is 0. The van der Waals surface area contributed by atoms with Crippen molar-refractivity contribution in [2.75, 3.05) is 33.5 Å². The fourth-order valence-electron chi connectivity index (χ4n) is 2.56. The van der Waals surface area contributed by atoms with Crippen molar-refractivity contribution < 1.29 is 22.8 Å². The first-order valence-corrected chi connectivity index (χ1v) is 12.0. The van der Waals surface area contributed by atoms with Crippen LogP contribution >= 0.6 is 11.8 Å². The molecule has 0 N–H and O–H groups in total. The molecule has 0 amide bonds. The maximum atomic E-state index is 11.9. The van der Waals surface area contributed by atoms with Gasteiger partial charge in [-0.2, -0.15) is 0 Å². The number of hydrogen-bond acceptors (Lipinski definition) is 6. The molecule has 0 bridgehead atoms. The van der Waals surface area contributed by atoms with Crippen LogP contribution in [0.15, 0.2) is 0 Å². The van der Waals surface area contributed by atoms with Crippen LogP contribution in [-0.2, 0) is 22.8 Å². The molecule has 0 heterocycles. The van der Waals surface area contributed by atoms with E-state index in [4.69, 9.17) is 18.0 Å². The van der Waals surface area contributed by atoms with Crippen molar-refractivity contribution in [1.29, 1.82) is 0 Å². The van der Waals surface area contributed by atoms with E-state index < -0.39 is 8.80 Å². The predicted molar refractivity (Wildman–Crippen MR) is 102 cm³/mol. The Labute approximate surface area is 153 Å². The first kappa shape index (κ1) is 24.1. The van der Waals surface area contributed by atoms with E-state index in [9.17, 15) is 4.79 Å². The van der Waals surface area contributed by atoms with E-state index in [2.05, 4.69) is 6.92 Å². The van der Waals surface area contributed by atoms with Gasteiger partial charge in [0.2, 0.25) is 5.12 Å². The van der Waals surface area contributed by atoms with Crippen LogP contribution in [0.3, 0.4) is 0 Å². The molecule has 0 aliphatic heterocycles. The summed E-state index contributed by atoms with van der Waals surface area (Å²) in [6, 6.07) is 0.757. The van der Waals surface area contributed by atoms with Crippen molar-refractivity contribution in [2.24, 2.45) is 0 Å². The van der Waals surface area contributed by atoms with Gasteiger partial charge in [0.1, 0.15) is 6.61 Å². The van der Waals surface area contributed by atoms with Crippen molar-refractivity contribution >= 4 is 25.7 Å². The Morgan fingerprint density at radius 3 is 2.00 bits per heavy atom. The number of rotatable bonds is 16. The number of unbranched alkanes of at least 4 members (excludes halogenated alkanes) is 2. The Morgan fingerprint density at radius 1 is 0.958 bits per heavy atom. The third-order valence-electron chi connectivity index (χ3n) is 3.56. The molecule has 7 heteroatoms. The molecule has 0 rings (SSSR count). The summed E-state index contributed by atoms with van der Waals surface area (Å²) < 4.78 is 22.7. The lowest BCUT2D eigenvalue weighted by Crippen LogP contribution is -2.46. The fraction of sp³-hybridized carbons (Fsp3) is 0.941. The van der Waals surface area contributed by atoms with E-state index in [0.717, 1.165) is 25.3 Å². The summed E-state index contributed by atoms with van der Waals surface area (Å²) in [6.45, 7) is 10.0. The van der Waals surface area contributed by atoms with E-state index in [-0.39, 0.29) is 17.0 Å². The Kier molecular flexibility index (Phi) is 15.4. The van der Waals surface area contributed by atoms with Crippen LogP contribution in [-0.4, -0.2) is 52.7 Å². The third-order valence-corrected chi connectivity index (χ3v) is 7.83. The highest BCUT2D eigenvalue weighted by molar-refractivity contribution is 8.14. The minimum Gasteiger partial charge on any atom is -0.376 e. The zero-order chi connectivity index (χ0) is 18.3. The normalized spacial score (nSPS) is 13.2. The van der Waals surface area contributed by atoms with Crippen molar-refractivity contribution in [3.63, 3.8) is 0 Å². The number of carbonyl (C=O) groups is 1.